The lowest BCUT2D eigenvalue weighted by atomic mass is 10.1. The van der Waals surface area contributed by atoms with E-state index in [1.807, 2.05) is 12.1 Å². The van der Waals surface area contributed by atoms with Crippen LogP contribution in [0.5, 0.6) is 11.5 Å². The van der Waals surface area contributed by atoms with Gasteiger partial charge >= 0.3 is 0 Å². The average Bonchev–Trinajstić information content (AvgIpc) is 2.72. The molecular weight excluding hydrogens is 344 g/mol. The van der Waals surface area contributed by atoms with Gasteiger partial charge in [-0.2, -0.15) is 0 Å². The fourth-order valence-electron chi connectivity index (χ4n) is 3.61. The Hall–Kier alpha value is -2.22. The molecule has 0 fully saturated rings. The lowest BCUT2D eigenvalue weighted by Gasteiger charge is -2.08. The molecule has 1 heterocycles. The van der Waals surface area contributed by atoms with Crippen molar-refractivity contribution in [2.75, 3.05) is 13.2 Å². The molecule has 1 aliphatic heterocycles. The van der Waals surface area contributed by atoms with Gasteiger partial charge in [0.05, 0.1) is 13.2 Å². The van der Waals surface area contributed by atoms with Gasteiger partial charge in [-0.25, -0.2) is 0 Å². The topological polar surface area (TPSA) is 18.5 Å². The van der Waals surface area contributed by atoms with Crippen molar-refractivity contribution in [2.24, 2.45) is 0 Å². The van der Waals surface area contributed by atoms with Crippen LogP contribution < -0.4 is 9.47 Å². The first-order valence-corrected chi connectivity index (χ1v) is 11.0. The molecule has 0 unspecified atom stereocenters. The summed E-state index contributed by atoms with van der Waals surface area (Å²) in [5, 5.41) is 0. The summed E-state index contributed by atoms with van der Waals surface area (Å²) in [5.74, 6) is 1.92. The van der Waals surface area contributed by atoms with Crippen molar-refractivity contribution in [3.63, 3.8) is 0 Å². The van der Waals surface area contributed by atoms with Gasteiger partial charge in [0.15, 0.2) is 0 Å². The zero-order chi connectivity index (χ0) is 19.3. The minimum absolute atomic E-state index is 0.812. The molecule has 28 heavy (non-hydrogen) atoms. The van der Waals surface area contributed by atoms with Gasteiger partial charge in [0.1, 0.15) is 11.5 Å². The molecule has 2 aromatic rings. The molecule has 0 amide bonds. The Kier molecular flexibility index (Phi) is 9.00. The number of rotatable bonds is 0. The number of hydrogen-bond acceptors (Lipinski definition) is 2. The van der Waals surface area contributed by atoms with E-state index in [2.05, 4.69) is 48.6 Å². The third-order valence-corrected chi connectivity index (χ3v) is 5.26. The second-order valence-electron chi connectivity index (χ2n) is 7.71. The van der Waals surface area contributed by atoms with E-state index >= 15 is 0 Å². The third-order valence-electron chi connectivity index (χ3n) is 5.26. The molecule has 2 aromatic carbocycles. The van der Waals surface area contributed by atoms with E-state index in [1.165, 1.54) is 51.4 Å². The predicted octanol–water partition coefficient (Wildman–Crippen LogP) is 7.53. The Balaban J connectivity index is 1.62. The van der Waals surface area contributed by atoms with Crippen LogP contribution in [0.25, 0.3) is 12.2 Å². The van der Waals surface area contributed by atoms with Gasteiger partial charge in [0, 0.05) is 0 Å². The van der Waals surface area contributed by atoms with Crippen molar-refractivity contribution >= 4 is 12.2 Å². The Morgan fingerprint density at radius 2 is 0.857 bits per heavy atom. The van der Waals surface area contributed by atoms with E-state index in [9.17, 15) is 0 Å². The van der Waals surface area contributed by atoms with Crippen LogP contribution in [0.1, 0.15) is 75.3 Å². The van der Waals surface area contributed by atoms with Gasteiger partial charge in [-0.1, -0.05) is 87.8 Å². The van der Waals surface area contributed by atoms with Gasteiger partial charge in [-0.15, -0.1) is 0 Å². The average molecular weight is 379 g/mol. The standard InChI is InChI=1S/C26H34O2/c1-2-4-6-8-10-20-28-26-16-12-14-24(22-26)18-17-23-13-11-15-25(21-23)27-19-9-7-5-3-1/h11-18,21-22H,1-10,19-20H2/b18-17+. The summed E-state index contributed by atoms with van der Waals surface area (Å²) in [5.41, 5.74) is 2.32. The molecule has 0 saturated heterocycles. The molecule has 0 N–H and O–H groups in total. The zero-order valence-electron chi connectivity index (χ0n) is 17.1. The first-order chi connectivity index (χ1) is 13.9. The lowest BCUT2D eigenvalue weighted by Crippen LogP contribution is -1.98. The second kappa shape index (κ2) is 12.3. The molecule has 0 aromatic heterocycles. The van der Waals surface area contributed by atoms with Crippen molar-refractivity contribution in [3.05, 3.63) is 59.7 Å². The predicted molar refractivity (Wildman–Crippen MR) is 119 cm³/mol. The molecule has 0 spiro atoms. The highest BCUT2D eigenvalue weighted by Gasteiger charge is 1.99. The fourth-order valence-corrected chi connectivity index (χ4v) is 3.61. The van der Waals surface area contributed by atoms with E-state index in [-0.39, 0.29) is 0 Å². The minimum atomic E-state index is 0.812. The quantitative estimate of drug-likeness (QED) is 0.471. The van der Waals surface area contributed by atoms with Crippen molar-refractivity contribution in [1.29, 1.82) is 0 Å². The maximum absolute atomic E-state index is 5.95. The van der Waals surface area contributed by atoms with Crippen LogP contribution in [-0.2, 0) is 0 Å². The molecule has 0 aliphatic carbocycles. The second-order valence-corrected chi connectivity index (χ2v) is 7.71. The fraction of sp³-hybridized carbons (Fsp3) is 0.462. The van der Waals surface area contributed by atoms with Crippen LogP contribution in [0.2, 0.25) is 0 Å². The summed E-state index contributed by atoms with van der Waals surface area (Å²) >= 11 is 0. The smallest absolute Gasteiger partial charge is 0.119 e. The molecule has 0 atom stereocenters. The van der Waals surface area contributed by atoms with Crippen LogP contribution in [0.15, 0.2) is 48.5 Å². The van der Waals surface area contributed by atoms with Crippen molar-refractivity contribution in [3.8, 4) is 11.5 Å². The van der Waals surface area contributed by atoms with Crippen molar-refractivity contribution < 1.29 is 9.47 Å². The summed E-state index contributed by atoms with van der Waals surface area (Å²) in [4.78, 5) is 0. The van der Waals surface area contributed by atoms with Gasteiger partial charge in [0.25, 0.3) is 0 Å². The molecule has 2 nitrogen and oxygen atoms in total. The number of fused-ring (bicyclic) bond motifs is 4. The van der Waals surface area contributed by atoms with Gasteiger partial charge in [-0.3, -0.25) is 0 Å². The molecule has 4 bridgehead atoms. The summed E-state index contributed by atoms with van der Waals surface area (Å²) in [6.07, 6.45) is 17.2. The maximum Gasteiger partial charge on any atom is 0.119 e. The van der Waals surface area contributed by atoms with Crippen LogP contribution in [0.3, 0.4) is 0 Å². The lowest BCUT2D eigenvalue weighted by molar-refractivity contribution is 0.303. The Morgan fingerprint density at radius 3 is 1.29 bits per heavy atom. The summed E-state index contributed by atoms with van der Waals surface area (Å²) in [6, 6.07) is 16.7. The highest BCUT2D eigenvalue weighted by molar-refractivity contribution is 5.70. The molecule has 150 valence electrons. The molecular formula is C26H34O2. The SMILES string of the molecule is C1=C/c2cccc(c2)OCCCCCCCCCCCCOc2cccc/1c2. The zero-order valence-corrected chi connectivity index (χ0v) is 17.1. The minimum Gasteiger partial charge on any atom is -0.494 e. The Labute approximate surface area is 170 Å². The Bertz CT molecular complexity index is 658. The van der Waals surface area contributed by atoms with E-state index in [0.717, 1.165) is 48.7 Å². The van der Waals surface area contributed by atoms with Gasteiger partial charge in [0.2, 0.25) is 0 Å². The highest BCUT2D eigenvalue weighted by Crippen LogP contribution is 2.19. The van der Waals surface area contributed by atoms with Crippen LogP contribution >= 0.6 is 0 Å². The molecule has 0 saturated carbocycles. The van der Waals surface area contributed by atoms with Crippen LogP contribution in [-0.4, -0.2) is 13.2 Å². The molecule has 1 aliphatic rings. The van der Waals surface area contributed by atoms with Crippen LogP contribution in [0.4, 0.5) is 0 Å². The number of benzene rings is 2. The van der Waals surface area contributed by atoms with E-state index < -0.39 is 0 Å². The number of hydrogen-bond donors (Lipinski definition) is 0. The van der Waals surface area contributed by atoms with Gasteiger partial charge in [-0.05, 0) is 48.2 Å². The largest absolute Gasteiger partial charge is 0.494 e. The first-order valence-electron chi connectivity index (χ1n) is 11.0. The van der Waals surface area contributed by atoms with Crippen LogP contribution in [0, 0.1) is 0 Å². The molecule has 3 rings (SSSR count). The van der Waals surface area contributed by atoms with E-state index in [4.69, 9.17) is 9.47 Å². The van der Waals surface area contributed by atoms with E-state index in [0.29, 0.717) is 0 Å². The summed E-state index contributed by atoms with van der Waals surface area (Å²) in [6.45, 7) is 1.62. The summed E-state index contributed by atoms with van der Waals surface area (Å²) in [7, 11) is 0. The monoisotopic (exact) mass is 378 g/mol. The normalized spacial score (nSPS) is 18.6. The molecule has 2 heteroatoms. The van der Waals surface area contributed by atoms with Crippen molar-refractivity contribution in [2.45, 2.75) is 64.2 Å². The Morgan fingerprint density at radius 1 is 0.464 bits per heavy atom. The number of ether oxygens (including phenoxy) is 2. The summed E-state index contributed by atoms with van der Waals surface area (Å²) < 4.78 is 11.9. The van der Waals surface area contributed by atoms with Crippen molar-refractivity contribution in [1.82, 2.24) is 0 Å². The maximum atomic E-state index is 5.95. The third kappa shape index (κ3) is 7.80. The highest BCUT2D eigenvalue weighted by atomic mass is 16.5. The molecule has 0 radical (unpaired) electrons. The van der Waals surface area contributed by atoms with E-state index in [1.54, 1.807) is 0 Å². The van der Waals surface area contributed by atoms with Gasteiger partial charge < -0.3 is 9.47 Å². The first kappa shape index (κ1) is 20.5.